The van der Waals surface area contributed by atoms with Crippen LogP contribution in [0.15, 0.2) is 42.6 Å². The second kappa shape index (κ2) is 7.59. The van der Waals surface area contributed by atoms with Crippen molar-refractivity contribution < 1.29 is 9.53 Å². The summed E-state index contributed by atoms with van der Waals surface area (Å²) in [5.41, 5.74) is 2.01. The molecule has 0 aliphatic rings. The maximum absolute atomic E-state index is 12.5. The third-order valence-electron chi connectivity index (χ3n) is 3.72. The summed E-state index contributed by atoms with van der Waals surface area (Å²) >= 11 is 0. The Bertz CT molecular complexity index is 829. The van der Waals surface area contributed by atoms with Gasteiger partial charge in [0.2, 0.25) is 0 Å². The Morgan fingerprint density at radius 3 is 3.00 bits per heavy atom. The van der Waals surface area contributed by atoms with E-state index in [1.54, 1.807) is 12.3 Å². The Kier molecular flexibility index (Phi) is 5.05. The number of benzene rings is 1. The summed E-state index contributed by atoms with van der Waals surface area (Å²) in [4.78, 5) is 16.7. The number of hydrogen-bond acceptors (Lipinski definition) is 4. The van der Waals surface area contributed by atoms with E-state index in [0.29, 0.717) is 30.1 Å². The summed E-state index contributed by atoms with van der Waals surface area (Å²) in [6, 6.07) is 11.1. The molecule has 6 heteroatoms. The fraction of sp³-hybridized carbons (Fsp3) is 0.278. The van der Waals surface area contributed by atoms with Crippen molar-refractivity contribution in [1.29, 1.82) is 0 Å². The molecule has 0 unspecified atom stereocenters. The van der Waals surface area contributed by atoms with Crippen LogP contribution in [0.2, 0.25) is 0 Å². The Hall–Kier alpha value is -2.89. The third kappa shape index (κ3) is 3.53. The van der Waals surface area contributed by atoms with E-state index in [4.69, 9.17) is 4.74 Å². The van der Waals surface area contributed by atoms with Crippen LogP contribution in [0.1, 0.15) is 35.8 Å². The Morgan fingerprint density at radius 1 is 1.25 bits per heavy atom. The average molecular weight is 324 g/mol. The molecule has 0 atom stereocenters. The van der Waals surface area contributed by atoms with E-state index in [0.717, 1.165) is 23.9 Å². The summed E-state index contributed by atoms with van der Waals surface area (Å²) in [6.45, 7) is 3.06. The standard InChI is InChI=1S/C18H20N4O2/c1-2-3-11-24-16-9-5-4-7-14(16)18(23)20-12-15-13-8-6-10-19-17(13)22-21-15/h4-10H,2-3,11-12H2,1H3,(H,20,23)(H,19,21,22). The molecule has 6 nitrogen and oxygen atoms in total. The van der Waals surface area contributed by atoms with Gasteiger partial charge in [-0.05, 0) is 30.7 Å². The van der Waals surface area contributed by atoms with Gasteiger partial charge in [0.15, 0.2) is 5.65 Å². The molecule has 1 aromatic carbocycles. The number of nitrogens with one attached hydrogen (secondary N) is 2. The first-order valence-corrected chi connectivity index (χ1v) is 8.07. The average Bonchev–Trinajstić information content (AvgIpc) is 3.03. The molecular formula is C18H20N4O2. The molecule has 2 aromatic heterocycles. The minimum atomic E-state index is -0.172. The normalized spacial score (nSPS) is 10.7. The van der Waals surface area contributed by atoms with Crippen LogP contribution in [-0.4, -0.2) is 27.7 Å². The lowest BCUT2D eigenvalue weighted by molar-refractivity contribution is 0.0946. The van der Waals surface area contributed by atoms with Crippen molar-refractivity contribution >= 4 is 16.9 Å². The topological polar surface area (TPSA) is 79.9 Å². The summed E-state index contributed by atoms with van der Waals surface area (Å²) in [7, 11) is 0. The fourth-order valence-corrected chi connectivity index (χ4v) is 2.41. The van der Waals surface area contributed by atoms with Gasteiger partial charge in [-0.25, -0.2) is 4.98 Å². The minimum absolute atomic E-state index is 0.172. The highest BCUT2D eigenvalue weighted by atomic mass is 16.5. The van der Waals surface area contributed by atoms with Gasteiger partial charge in [0.1, 0.15) is 5.75 Å². The van der Waals surface area contributed by atoms with Crippen LogP contribution in [0.4, 0.5) is 0 Å². The number of nitrogens with zero attached hydrogens (tertiary/aromatic N) is 2. The molecule has 2 heterocycles. The molecule has 24 heavy (non-hydrogen) atoms. The highest BCUT2D eigenvalue weighted by molar-refractivity contribution is 5.97. The molecule has 3 rings (SSSR count). The minimum Gasteiger partial charge on any atom is -0.493 e. The number of carbonyl (C=O) groups is 1. The number of ether oxygens (including phenoxy) is 1. The Labute approximate surface area is 140 Å². The van der Waals surface area contributed by atoms with Gasteiger partial charge in [-0.2, -0.15) is 5.10 Å². The van der Waals surface area contributed by atoms with Crippen LogP contribution in [0.5, 0.6) is 5.75 Å². The summed E-state index contributed by atoms with van der Waals surface area (Å²) < 4.78 is 5.71. The van der Waals surface area contributed by atoms with Gasteiger partial charge in [-0.15, -0.1) is 0 Å². The molecule has 0 saturated heterocycles. The van der Waals surface area contributed by atoms with Gasteiger partial charge >= 0.3 is 0 Å². The lowest BCUT2D eigenvalue weighted by Crippen LogP contribution is -2.23. The fourth-order valence-electron chi connectivity index (χ4n) is 2.41. The zero-order valence-electron chi connectivity index (χ0n) is 13.6. The molecule has 0 radical (unpaired) electrons. The van der Waals surface area contributed by atoms with Crippen molar-refractivity contribution in [2.75, 3.05) is 6.61 Å². The summed E-state index contributed by atoms with van der Waals surface area (Å²) in [5, 5.41) is 10.9. The van der Waals surface area contributed by atoms with Gasteiger partial charge < -0.3 is 10.1 Å². The number of aromatic amines is 1. The molecule has 0 bridgehead atoms. The van der Waals surface area contributed by atoms with E-state index in [1.807, 2.05) is 30.3 Å². The number of pyridine rings is 1. The second-order valence-electron chi connectivity index (χ2n) is 5.46. The second-order valence-corrected chi connectivity index (χ2v) is 5.46. The number of fused-ring (bicyclic) bond motifs is 1. The quantitative estimate of drug-likeness (QED) is 0.655. The molecule has 124 valence electrons. The molecular weight excluding hydrogens is 304 g/mol. The lowest BCUT2D eigenvalue weighted by atomic mass is 10.2. The summed E-state index contributed by atoms with van der Waals surface area (Å²) in [6.07, 6.45) is 3.70. The van der Waals surface area contributed by atoms with Crippen LogP contribution in [-0.2, 0) is 6.54 Å². The van der Waals surface area contributed by atoms with Crippen molar-refractivity contribution in [1.82, 2.24) is 20.5 Å². The number of rotatable bonds is 7. The van der Waals surface area contributed by atoms with E-state index < -0.39 is 0 Å². The highest BCUT2D eigenvalue weighted by Gasteiger charge is 2.13. The molecule has 0 saturated carbocycles. The molecule has 0 spiro atoms. The number of H-pyrrole nitrogens is 1. The maximum atomic E-state index is 12.5. The number of para-hydroxylation sites is 1. The molecule has 0 aliphatic carbocycles. The van der Waals surface area contributed by atoms with Gasteiger partial charge in [0.25, 0.3) is 5.91 Å². The van der Waals surface area contributed by atoms with Crippen LogP contribution in [0.3, 0.4) is 0 Å². The van der Waals surface area contributed by atoms with Gasteiger partial charge in [-0.1, -0.05) is 25.5 Å². The SMILES string of the molecule is CCCCOc1ccccc1C(=O)NCc1[nH]nc2ncccc12. The van der Waals surface area contributed by atoms with Crippen LogP contribution < -0.4 is 10.1 Å². The first-order valence-electron chi connectivity index (χ1n) is 8.07. The summed E-state index contributed by atoms with van der Waals surface area (Å²) in [5.74, 6) is 0.438. The Balaban J connectivity index is 1.69. The van der Waals surface area contributed by atoms with Gasteiger partial charge in [0.05, 0.1) is 24.4 Å². The van der Waals surface area contributed by atoms with Crippen molar-refractivity contribution in [2.24, 2.45) is 0 Å². The molecule has 0 fully saturated rings. The number of aromatic nitrogens is 3. The molecule has 2 N–H and O–H groups in total. The van der Waals surface area contributed by atoms with Crippen LogP contribution >= 0.6 is 0 Å². The number of unbranched alkanes of at least 4 members (excludes halogenated alkanes) is 1. The first kappa shape index (κ1) is 16.0. The molecule has 1 amide bonds. The van der Waals surface area contributed by atoms with E-state index in [1.165, 1.54) is 0 Å². The maximum Gasteiger partial charge on any atom is 0.255 e. The van der Waals surface area contributed by atoms with E-state index in [9.17, 15) is 4.79 Å². The Morgan fingerprint density at radius 2 is 2.12 bits per heavy atom. The number of amides is 1. The third-order valence-corrected chi connectivity index (χ3v) is 3.72. The predicted octanol–water partition coefficient (Wildman–Crippen LogP) is 3.07. The number of carbonyl (C=O) groups excluding carboxylic acids is 1. The monoisotopic (exact) mass is 324 g/mol. The van der Waals surface area contributed by atoms with E-state index >= 15 is 0 Å². The first-order chi connectivity index (χ1) is 11.8. The molecule has 3 aromatic rings. The van der Waals surface area contributed by atoms with Crippen molar-refractivity contribution in [3.63, 3.8) is 0 Å². The number of hydrogen-bond donors (Lipinski definition) is 2. The van der Waals surface area contributed by atoms with Crippen LogP contribution in [0.25, 0.3) is 11.0 Å². The van der Waals surface area contributed by atoms with Crippen molar-refractivity contribution in [3.8, 4) is 5.75 Å². The van der Waals surface area contributed by atoms with E-state index in [-0.39, 0.29) is 5.91 Å². The van der Waals surface area contributed by atoms with Crippen molar-refractivity contribution in [2.45, 2.75) is 26.3 Å². The zero-order valence-corrected chi connectivity index (χ0v) is 13.6. The molecule has 0 aliphatic heterocycles. The smallest absolute Gasteiger partial charge is 0.255 e. The van der Waals surface area contributed by atoms with Gasteiger partial charge in [-0.3, -0.25) is 9.89 Å². The van der Waals surface area contributed by atoms with Crippen molar-refractivity contribution in [3.05, 3.63) is 53.9 Å². The predicted molar refractivity (Wildman–Crippen MR) is 91.9 cm³/mol. The van der Waals surface area contributed by atoms with Crippen LogP contribution in [0, 0.1) is 0 Å². The van der Waals surface area contributed by atoms with Gasteiger partial charge in [0, 0.05) is 11.6 Å². The lowest BCUT2D eigenvalue weighted by Gasteiger charge is -2.11. The highest BCUT2D eigenvalue weighted by Crippen LogP contribution is 2.19. The zero-order chi connectivity index (χ0) is 16.8. The largest absolute Gasteiger partial charge is 0.493 e. The van der Waals surface area contributed by atoms with E-state index in [2.05, 4.69) is 27.4 Å².